The number of nitrogens with one attached hydrogen (secondary N) is 1. The molecule has 0 spiro atoms. The Morgan fingerprint density at radius 1 is 1.16 bits per heavy atom. The molecule has 0 bridgehead atoms. The Balaban J connectivity index is 1.81. The summed E-state index contributed by atoms with van der Waals surface area (Å²) in [7, 11) is -3.26. The van der Waals surface area contributed by atoms with E-state index in [-0.39, 0.29) is 11.7 Å². The molecule has 25 heavy (non-hydrogen) atoms. The van der Waals surface area contributed by atoms with Crippen molar-refractivity contribution in [2.45, 2.75) is 26.7 Å². The molecular weight excluding hydrogens is 338 g/mol. The molecule has 1 amide bonds. The van der Waals surface area contributed by atoms with Crippen LogP contribution in [0.25, 0.3) is 0 Å². The molecule has 3 rings (SSSR count). The number of anilines is 2. The molecule has 2 heterocycles. The Kier molecular flexibility index (Phi) is 4.76. The first-order valence-electron chi connectivity index (χ1n) is 8.22. The predicted molar refractivity (Wildman–Crippen MR) is 98.5 cm³/mol. The Hall–Kier alpha value is -2.41. The number of aryl methyl sites for hydroxylation is 2. The third-order valence-corrected chi connectivity index (χ3v) is 6.09. The number of rotatable bonds is 3. The molecule has 1 saturated heterocycles. The fourth-order valence-corrected chi connectivity index (χ4v) is 4.57. The molecular formula is C18H21N3O3S. The van der Waals surface area contributed by atoms with Crippen LogP contribution in [0.15, 0.2) is 36.5 Å². The van der Waals surface area contributed by atoms with Crippen LogP contribution in [0.5, 0.6) is 0 Å². The monoisotopic (exact) mass is 359 g/mol. The molecule has 0 saturated carbocycles. The van der Waals surface area contributed by atoms with E-state index >= 15 is 0 Å². The Morgan fingerprint density at radius 2 is 1.96 bits per heavy atom. The minimum Gasteiger partial charge on any atom is -0.307 e. The summed E-state index contributed by atoms with van der Waals surface area (Å²) in [6.07, 6.45) is 3.23. The van der Waals surface area contributed by atoms with E-state index in [0.717, 1.165) is 17.5 Å². The number of nitrogens with zero attached hydrogens (tertiary/aromatic N) is 2. The van der Waals surface area contributed by atoms with Gasteiger partial charge in [0.15, 0.2) is 0 Å². The van der Waals surface area contributed by atoms with E-state index in [2.05, 4.69) is 10.3 Å². The van der Waals surface area contributed by atoms with E-state index in [1.54, 1.807) is 30.5 Å². The van der Waals surface area contributed by atoms with Gasteiger partial charge in [0.1, 0.15) is 5.82 Å². The normalized spacial score (nSPS) is 16.5. The average molecular weight is 359 g/mol. The maximum Gasteiger partial charge on any atom is 0.256 e. The van der Waals surface area contributed by atoms with Crippen LogP contribution in [0.1, 0.15) is 34.3 Å². The number of pyridine rings is 1. The summed E-state index contributed by atoms with van der Waals surface area (Å²) in [6, 6.07) is 8.68. The summed E-state index contributed by atoms with van der Waals surface area (Å²) in [5.74, 6) is 0.386. The zero-order chi connectivity index (χ0) is 18.0. The molecule has 1 aliphatic rings. The van der Waals surface area contributed by atoms with Crippen molar-refractivity contribution >= 4 is 27.4 Å². The van der Waals surface area contributed by atoms with E-state index in [0.29, 0.717) is 30.0 Å². The zero-order valence-corrected chi connectivity index (χ0v) is 15.1. The van der Waals surface area contributed by atoms with Gasteiger partial charge >= 0.3 is 0 Å². The first-order chi connectivity index (χ1) is 11.9. The SMILES string of the molecule is Cc1ccc(NC(=O)c2ccc(N3CCCCS3(=O)=O)c(C)c2)nc1. The van der Waals surface area contributed by atoms with Gasteiger partial charge in [0.2, 0.25) is 10.0 Å². The van der Waals surface area contributed by atoms with E-state index in [9.17, 15) is 13.2 Å². The largest absolute Gasteiger partial charge is 0.307 e. The first kappa shape index (κ1) is 17.4. The molecule has 0 atom stereocenters. The third kappa shape index (κ3) is 3.82. The van der Waals surface area contributed by atoms with Crippen LogP contribution in [0.4, 0.5) is 11.5 Å². The second-order valence-electron chi connectivity index (χ2n) is 6.27. The smallest absolute Gasteiger partial charge is 0.256 e. The molecule has 1 aliphatic heterocycles. The van der Waals surface area contributed by atoms with Crippen molar-refractivity contribution in [3.05, 3.63) is 53.2 Å². The number of carbonyl (C=O) groups is 1. The fourth-order valence-electron chi connectivity index (χ4n) is 2.87. The molecule has 132 valence electrons. The Bertz CT molecular complexity index is 892. The molecule has 0 aliphatic carbocycles. The predicted octanol–water partition coefficient (Wildman–Crippen LogP) is 2.88. The number of sulfonamides is 1. The lowest BCUT2D eigenvalue weighted by molar-refractivity contribution is 0.102. The van der Waals surface area contributed by atoms with Crippen LogP contribution in [0.2, 0.25) is 0 Å². The number of carbonyl (C=O) groups excluding carboxylic acids is 1. The van der Waals surface area contributed by atoms with Crippen molar-refractivity contribution in [2.24, 2.45) is 0 Å². The summed E-state index contributed by atoms with van der Waals surface area (Å²) in [6.45, 7) is 4.23. The second kappa shape index (κ2) is 6.84. The second-order valence-corrected chi connectivity index (χ2v) is 8.28. The van der Waals surface area contributed by atoms with Crippen LogP contribution in [-0.2, 0) is 10.0 Å². The zero-order valence-electron chi connectivity index (χ0n) is 14.3. The number of hydrogen-bond donors (Lipinski definition) is 1. The molecule has 1 aromatic carbocycles. The van der Waals surface area contributed by atoms with Gasteiger partial charge in [0.05, 0.1) is 11.4 Å². The van der Waals surface area contributed by atoms with Gasteiger partial charge < -0.3 is 5.32 Å². The Morgan fingerprint density at radius 3 is 2.60 bits per heavy atom. The van der Waals surface area contributed by atoms with Crippen molar-refractivity contribution in [1.82, 2.24) is 4.98 Å². The highest BCUT2D eigenvalue weighted by molar-refractivity contribution is 7.92. The minimum atomic E-state index is -3.26. The van der Waals surface area contributed by atoms with Crippen LogP contribution in [0, 0.1) is 13.8 Å². The van der Waals surface area contributed by atoms with Gasteiger partial charge in [-0.2, -0.15) is 0 Å². The van der Waals surface area contributed by atoms with Gasteiger partial charge in [-0.25, -0.2) is 13.4 Å². The van der Waals surface area contributed by atoms with Crippen molar-refractivity contribution in [3.63, 3.8) is 0 Å². The average Bonchev–Trinajstić information content (AvgIpc) is 2.57. The van der Waals surface area contributed by atoms with Gasteiger partial charge in [-0.05, 0) is 62.1 Å². The van der Waals surface area contributed by atoms with Crippen LogP contribution in [-0.4, -0.2) is 31.6 Å². The van der Waals surface area contributed by atoms with E-state index in [1.807, 2.05) is 19.9 Å². The molecule has 1 N–H and O–H groups in total. The van der Waals surface area contributed by atoms with Crippen molar-refractivity contribution in [2.75, 3.05) is 21.9 Å². The molecule has 1 aromatic heterocycles. The van der Waals surface area contributed by atoms with Gasteiger partial charge in [-0.3, -0.25) is 9.10 Å². The highest BCUT2D eigenvalue weighted by Crippen LogP contribution is 2.27. The maximum absolute atomic E-state index is 12.4. The summed E-state index contributed by atoms with van der Waals surface area (Å²) in [5, 5.41) is 2.75. The topological polar surface area (TPSA) is 79.4 Å². The summed E-state index contributed by atoms with van der Waals surface area (Å²) < 4.78 is 26.0. The summed E-state index contributed by atoms with van der Waals surface area (Å²) >= 11 is 0. The van der Waals surface area contributed by atoms with Gasteiger partial charge in [-0.15, -0.1) is 0 Å². The number of hydrogen-bond acceptors (Lipinski definition) is 4. The van der Waals surface area contributed by atoms with Crippen molar-refractivity contribution in [3.8, 4) is 0 Å². The Labute approximate surface area is 147 Å². The first-order valence-corrected chi connectivity index (χ1v) is 9.83. The van der Waals surface area contributed by atoms with Crippen molar-refractivity contribution < 1.29 is 13.2 Å². The van der Waals surface area contributed by atoms with Crippen LogP contribution < -0.4 is 9.62 Å². The summed E-state index contributed by atoms with van der Waals surface area (Å²) in [5.41, 5.74) is 2.89. The third-order valence-electron chi connectivity index (χ3n) is 4.23. The molecule has 0 unspecified atom stereocenters. The fraction of sp³-hybridized carbons (Fsp3) is 0.333. The van der Waals surface area contributed by atoms with Crippen molar-refractivity contribution in [1.29, 1.82) is 0 Å². The highest BCUT2D eigenvalue weighted by Gasteiger charge is 2.27. The number of aromatic nitrogens is 1. The molecule has 0 radical (unpaired) electrons. The van der Waals surface area contributed by atoms with E-state index in [1.165, 1.54) is 4.31 Å². The molecule has 7 heteroatoms. The lowest BCUT2D eigenvalue weighted by Crippen LogP contribution is -2.38. The lowest BCUT2D eigenvalue weighted by atomic mass is 10.1. The quantitative estimate of drug-likeness (QED) is 0.914. The number of amides is 1. The molecule has 6 nitrogen and oxygen atoms in total. The van der Waals surface area contributed by atoms with Crippen LogP contribution >= 0.6 is 0 Å². The van der Waals surface area contributed by atoms with E-state index < -0.39 is 10.0 Å². The summed E-state index contributed by atoms with van der Waals surface area (Å²) in [4.78, 5) is 16.5. The minimum absolute atomic E-state index is 0.174. The number of benzene rings is 1. The highest BCUT2D eigenvalue weighted by atomic mass is 32.2. The molecule has 2 aromatic rings. The lowest BCUT2D eigenvalue weighted by Gasteiger charge is -2.29. The van der Waals surface area contributed by atoms with Crippen LogP contribution in [0.3, 0.4) is 0 Å². The van der Waals surface area contributed by atoms with Gasteiger partial charge in [-0.1, -0.05) is 6.07 Å². The molecule has 1 fully saturated rings. The van der Waals surface area contributed by atoms with Gasteiger partial charge in [0, 0.05) is 18.3 Å². The van der Waals surface area contributed by atoms with E-state index in [4.69, 9.17) is 0 Å². The van der Waals surface area contributed by atoms with Gasteiger partial charge in [0.25, 0.3) is 5.91 Å². The standard InChI is InChI=1S/C18H21N3O3S/c1-13-5-8-17(19-12-13)20-18(22)15-6-7-16(14(2)11-15)21-9-3-4-10-25(21,23)24/h5-8,11-12H,3-4,9-10H2,1-2H3,(H,19,20,22). The maximum atomic E-state index is 12.4.